The van der Waals surface area contributed by atoms with Gasteiger partial charge in [0.25, 0.3) is 0 Å². The molecule has 0 aliphatic carbocycles. The fraction of sp³-hybridized carbons (Fsp3) is 0.188. The number of aryl methyl sites for hydroxylation is 1. The lowest BCUT2D eigenvalue weighted by molar-refractivity contribution is -0.627. The number of rotatable bonds is 3. The minimum absolute atomic E-state index is 0. The Labute approximate surface area is 140 Å². The van der Waals surface area contributed by atoms with E-state index in [0.29, 0.717) is 0 Å². The number of benzene rings is 2. The summed E-state index contributed by atoms with van der Waals surface area (Å²) in [6.07, 6.45) is 0. The Hall–Kier alpha value is -1.98. The Morgan fingerprint density at radius 2 is 1.64 bits per heavy atom. The third-order valence-corrected chi connectivity index (χ3v) is 4.44. The maximum Gasteiger partial charge on any atom is 0.409 e. The van der Waals surface area contributed by atoms with Crippen molar-refractivity contribution in [1.82, 2.24) is 0 Å². The van der Waals surface area contributed by atoms with Gasteiger partial charge in [-0.3, -0.25) is 0 Å². The van der Waals surface area contributed by atoms with E-state index < -0.39 is 0 Å². The van der Waals surface area contributed by atoms with Crippen molar-refractivity contribution in [3.05, 3.63) is 48.5 Å². The van der Waals surface area contributed by atoms with Gasteiger partial charge in [0.05, 0.1) is 16.9 Å². The summed E-state index contributed by atoms with van der Waals surface area (Å²) in [5.74, 6) is 0. The number of hydrogen-bond acceptors (Lipinski definition) is 4. The second kappa shape index (κ2) is 6.85. The van der Waals surface area contributed by atoms with Crippen LogP contribution in [0, 0.1) is 0 Å². The molecule has 0 saturated carbocycles. The van der Waals surface area contributed by atoms with Crippen molar-refractivity contribution in [2.24, 2.45) is 17.3 Å². The molecule has 0 unspecified atom stereocenters. The van der Waals surface area contributed by atoms with E-state index in [1.807, 2.05) is 57.5 Å². The highest BCUT2D eigenvalue weighted by Crippen LogP contribution is 2.27. The zero-order valence-corrected chi connectivity index (χ0v) is 14.3. The molecule has 0 aliphatic heterocycles. The molecular formula is C16H17ClN4S. The summed E-state index contributed by atoms with van der Waals surface area (Å²) in [6, 6.07) is 16.3. The Morgan fingerprint density at radius 1 is 0.955 bits per heavy atom. The molecule has 1 aromatic heterocycles. The molecule has 1 heterocycles. The summed E-state index contributed by atoms with van der Waals surface area (Å²) in [4.78, 5) is 2.06. The molecule has 0 N–H and O–H groups in total. The SMILES string of the molecule is CN(C)c1ccc(N=Nc2sc3ccccc3[n+]2C)cc1.[Cl-]. The first-order valence-electron chi connectivity index (χ1n) is 6.72. The molecule has 0 bridgehead atoms. The highest BCUT2D eigenvalue weighted by molar-refractivity contribution is 7.21. The van der Waals surface area contributed by atoms with Gasteiger partial charge in [-0.1, -0.05) is 12.1 Å². The molecule has 0 atom stereocenters. The average Bonchev–Trinajstić information content (AvgIpc) is 2.82. The molecule has 3 rings (SSSR count). The molecule has 2 aromatic carbocycles. The van der Waals surface area contributed by atoms with E-state index in [1.54, 1.807) is 11.3 Å². The summed E-state index contributed by atoms with van der Waals surface area (Å²) in [7, 11) is 6.06. The molecule has 0 saturated heterocycles. The van der Waals surface area contributed by atoms with Gasteiger partial charge >= 0.3 is 5.13 Å². The Bertz CT molecular complexity index is 794. The van der Waals surface area contributed by atoms with E-state index in [-0.39, 0.29) is 12.4 Å². The third kappa shape index (κ3) is 3.26. The summed E-state index contributed by atoms with van der Waals surface area (Å²) in [6.45, 7) is 0. The quantitative estimate of drug-likeness (QED) is 0.524. The van der Waals surface area contributed by atoms with Crippen LogP contribution in [0.1, 0.15) is 0 Å². The number of thiazole rings is 1. The molecule has 0 fully saturated rings. The van der Waals surface area contributed by atoms with Crippen LogP contribution in [0.25, 0.3) is 10.2 Å². The van der Waals surface area contributed by atoms with E-state index in [4.69, 9.17) is 0 Å². The van der Waals surface area contributed by atoms with E-state index >= 15 is 0 Å². The van der Waals surface area contributed by atoms with Gasteiger partial charge in [0.1, 0.15) is 11.2 Å². The van der Waals surface area contributed by atoms with Crippen molar-refractivity contribution < 1.29 is 17.0 Å². The molecule has 0 amide bonds. The zero-order chi connectivity index (χ0) is 14.8. The van der Waals surface area contributed by atoms with Crippen LogP contribution in [-0.2, 0) is 7.05 Å². The first-order valence-corrected chi connectivity index (χ1v) is 7.53. The van der Waals surface area contributed by atoms with Crippen molar-refractivity contribution in [2.75, 3.05) is 19.0 Å². The number of anilines is 1. The summed E-state index contributed by atoms with van der Waals surface area (Å²) in [5.41, 5.74) is 3.19. The maximum absolute atomic E-state index is 4.38. The topological polar surface area (TPSA) is 31.8 Å². The Balaban J connectivity index is 0.00000176. The van der Waals surface area contributed by atoms with Crippen LogP contribution in [0.2, 0.25) is 0 Å². The lowest BCUT2D eigenvalue weighted by Gasteiger charge is -2.11. The minimum atomic E-state index is 0. The summed E-state index contributed by atoms with van der Waals surface area (Å²) >= 11 is 1.65. The summed E-state index contributed by atoms with van der Waals surface area (Å²) in [5, 5.41) is 9.61. The predicted octanol–water partition coefficient (Wildman–Crippen LogP) is 1.21. The molecule has 0 spiro atoms. The highest BCUT2D eigenvalue weighted by atomic mass is 35.5. The number of para-hydroxylation sites is 1. The minimum Gasteiger partial charge on any atom is -1.00 e. The zero-order valence-electron chi connectivity index (χ0n) is 12.7. The smallest absolute Gasteiger partial charge is 0.409 e. The van der Waals surface area contributed by atoms with Crippen molar-refractivity contribution in [3.8, 4) is 0 Å². The standard InChI is InChI=1S/C16H17N4S.ClH/c1-19(2)13-10-8-12(9-11-13)17-18-16-20(3)14-6-4-5-7-15(14)21-16;/h4-11H,1-3H3;1H/q+1;/p-1. The normalized spacial score (nSPS) is 10.9. The van der Waals surface area contributed by atoms with Crippen LogP contribution >= 0.6 is 11.3 Å². The van der Waals surface area contributed by atoms with Crippen molar-refractivity contribution in [3.63, 3.8) is 0 Å². The van der Waals surface area contributed by atoms with Gasteiger partial charge in [-0.25, -0.2) is 4.57 Å². The molecule has 0 radical (unpaired) electrons. The fourth-order valence-corrected chi connectivity index (χ4v) is 3.07. The van der Waals surface area contributed by atoms with Crippen LogP contribution < -0.4 is 21.9 Å². The average molecular weight is 333 g/mol. The van der Waals surface area contributed by atoms with Crippen LogP contribution in [0.5, 0.6) is 0 Å². The van der Waals surface area contributed by atoms with E-state index in [9.17, 15) is 0 Å². The van der Waals surface area contributed by atoms with Gasteiger partial charge < -0.3 is 17.3 Å². The van der Waals surface area contributed by atoms with Gasteiger partial charge in [0, 0.05) is 19.8 Å². The number of hydrogen-bond donors (Lipinski definition) is 0. The van der Waals surface area contributed by atoms with Crippen LogP contribution in [0.15, 0.2) is 58.8 Å². The molecule has 6 heteroatoms. The predicted molar refractivity (Wildman–Crippen MR) is 87.9 cm³/mol. The Kier molecular flexibility index (Phi) is 5.11. The first kappa shape index (κ1) is 16.4. The second-order valence-electron chi connectivity index (χ2n) is 5.02. The lowest BCUT2D eigenvalue weighted by atomic mass is 10.3. The van der Waals surface area contributed by atoms with Gasteiger partial charge in [-0.05, 0) is 52.8 Å². The number of azo groups is 1. The van der Waals surface area contributed by atoms with Gasteiger partial charge in [0.2, 0.25) is 0 Å². The molecule has 3 aromatic rings. The second-order valence-corrected chi connectivity index (χ2v) is 6.03. The van der Waals surface area contributed by atoms with E-state index in [2.05, 4.69) is 31.8 Å². The number of aromatic nitrogens is 1. The highest BCUT2D eigenvalue weighted by Gasteiger charge is 2.15. The van der Waals surface area contributed by atoms with Crippen LogP contribution in [0.3, 0.4) is 0 Å². The van der Waals surface area contributed by atoms with Crippen molar-refractivity contribution in [1.29, 1.82) is 0 Å². The molecule has 0 aliphatic rings. The van der Waals surface area contributed by atoms with Crippen molar-refractivity contribution >= 4 is 38.1 Å². The summed E-state index contributed by atoms with van der Waals surface area (Å²) < 4.78 is 3.29. The van der Waals surface area contributed by atoms with Gasteiger partial charge in [-0.2, -0.15) is 0 Å². The van der Waals surface area contributed by atoms with E-state index in [1.165, 1.54) is 10.2 Å². The van der Waals surface area contributed by atoms with Crippen LogP contribution in [-0.4, -0.2) is 14.1 Å². The molecule has 114 valence electrons. The first-order chi connectivity index (χ1) is 10.1. The number of nitrogens with zero attached hydrogens (tertiary/aromatic N) is 4. The molecule has 4 nitrogen and oxygen atoms in total. The third-order valence-electron chi connectivity index (χ3n) is 3.33. The van der Waals surface area contributed by atoms with Gasteiger partial charge in [0.15, 0.2) is 0 Å². The van der Waals surface area contributed by atoms with Crippen molar-refractivity contribution in [2.45, 2.75) is 0 Å². The number of halogens is 1. The maximum atomic E-state index is 4.38. The Morgan fingerprint density at radius 3 is 2.27 bits per heavy atom. The van der Waals surface area contributed by atoms with Gasteiger partial charge in [-0.15, -0.1) is 0 Å². The monoisotopic (exact) mass is 332 g/mol. The number of fused-ring (bicyclic) bond motifs is 1. The largest absolute Gasteiger partial charge is 1.00 e. The lowest BCUT2D eigenvalue weighted by Crippen LogP contribution is -3.00. The van der Waals surface area contributed by atoms with Crippen LogP contribution in [0.4, 0.5) is 16.5 Å². The fourth-order valence-electron chi connectivity index (χ4n) is 2.10. The van der Waals surface area contributed by atoms with E-state index in [0.717, 1.165) is 16.5 Å². The molecular weight excluding hydrogens is 316 g/mol. The molecule has 22 heavy (non-hydrogen) atoms.